The Balaban J connectivity index is 1.42. The minimum absolute atomic E-state index is 0.143. The Morgan fingerprint density at radius 3 is 2.50 bits per heavy atom. The molecule has 0 radical (unpaired) electrons. The molecule has 1 amide bonds. The van der Waals surface area contributed by atoms with Crippen LogP contribution in [-0.4, -0.2) is 22.0 Å². The van der Waals surface area contributed by atoms with Crippen molar-refractivity contribution in [1.29, 1.82) is 0 Å². The van der Waals surface area contributed by atoms with Crippen LogP contribution in [0, 0.1) is 22.2 Å². The third-order valence-electron chi connectivity index (χ3n) is 7.75. The molecule has 26 heavy (non-hydrogen) atoms. The van der Waals surface area contributed by atoms with Gasteiger partial charge in [0.15, 0.2) is 0 Å². The van der Waals surface area contributed by atoms with E-state index in [1.165, 1.54) is 19.3 Å². The van der Waals surface area contributed by atoms with Gasteiger partial charge in [-0.2, -0.15) is 0 Å². The molecule has 2 aromatic rings. The number of rotatable bonds is 1. The third-order valence-corrected chi connectivity index (χ3v) is 7.75. The number of para-hydroxylation sites is 2. The summed E-state index contributed by atoms with van der Waals surface area (Å²) >= 11 is 0. The highest BCUT2D eigenvalue weighted by Crippen LogP contribution is 2.70. The molecule has 0 spiro atoms. The van der Waals surface area contributed by atoms with E-state index in [1.54, 1.807) is 0 Å². The number of fused-ring (bicyclic) bond motifs is 3. The van der Waals surface area contributed by atoms with Crippen molar-refractivity contribution in [2.75, 3.05) is 11.4 Å². The van der Waals surface area contributed by atoms with Crippen LogP contribution in [-0.2, 0) is 11.3 Å². The molecule has 4 heteroatoms. The average Bonchev–Trinajstić information content (AvgIpc) is 3.09. The van der Waals surface area contributed by atoms with Crippen molar-refractivity contribution >= 4 is 22.9 Å². The Morgan fingerprint density at radius 1 is 1.04 bits per heavy atom. The van der Waals surface area contributed by atoms with Crippen LogP contribution < -0.4 is 4.90 Å². The summed E-state index contributed by atoms with van der Waals surface area (Å²) in [6.07, 6.45) is 7.24. The lowest BCUT2D eigenvalue weighted by Gasteiger charge is -2.64. The lowest BCUT2D eigenvalue weighted by Crippen LogP contribution is -2.60. The highest BCUT2D eigenvalue weighted by atomic mass is 16.2. The quantitative estimate of drug-likeness (QED) is 0.766. The van der Waals surface area contributed by atoms with Crippen LogP contribution in [0.15, 0.2) is 24.3 Å². The smallest absolute Gasteiger partial charge is 0.235 e. The zero-order valence-corrected chi connectivity index (χ0v) is 15.8. The molecule has 4 aliphatic carbocycles. The molecule has 4 saturated carbocycles. The predicted octanol–water partition coefficient (Wildman–Crippen LogP) is 4.38. The number of hydrogen-bond acceptors (Lipinski definition) is 2. The highest BCUT2D eigenvalue weighted by Gasteiger charge is 2.63. The molecule has 1 aromatic carbocycles. The van der Waals surface area contributed by atoms with Gasteiger partial charge in [0.2, 0.25) is 11.9 Å². The van der Waals surface area contributed by atoms with Gasteiger partial charge in [-0.25, -0.2) is 4.98 Å². The number of hydrogen-bond donors (Lipinski definition) is 0. The fraction of sp³-hybridized carbons (Fsp3) is 0.636. The minimum Gasteiger partial charge on any atom is -0.308 e. The Morgan fingerprint density at radius 2 is 1.77 bits per heavy atom. The second kappa shape index (κ2) is 4.52. The molecule has 5 aliphatic rings. The van der Waals surface area contributed by atoms with Gasteiger partial charge in [0, 0.05) is 13.1 Å². The Bertz CT molecular complexity index is 926. The molecule has 4 nitrogen and oxygen atoms in total. The van der Waals surface area contributed by atoms with Crippen LogP contribution in [0.1, 0.15) is 52.4 Å². The fourth-order valence-electron chi connectivity index (χ4n) is 7.95. The lowest BCUT2D eigenvalue weighted by atomic mass is 9.40. The molecule has 136 valence electrons. The summed E-state index contributed by atoms with van der Waals surface area (Å²) in [5.41, 5.74) is 2.75. The molecule has 2 atom stereocenters. The van der Waals surface area contributed by atoms with Crippen LogP contribution in [0.5, 0.6) is 0 Å². The van der Waals surface area contributed by atoms with Crippen molar-refractivity contribution in [1.82, 2.24) is 9.55 Å². The second-order valence-electron chi connectivity index (χ2n) is 10.4. The van der Waals surface area contributed by atoms with E-state index in [2.05, 4.69) is 36.6 Å². The maximum atomic E-state index is 13.9. The zero-order chi connectivity index (χ0) is 17.7. The van der Waals surface area contributed by atoms with Crippen molar-refractivity contribution in [2.45, 2.75) is 58.9 Å². The van der Waals surface area contributed by atoms with E-state index in [1.807, 2.05) is 11.0 Å². The first-order valence-corrected chi connectivity index (χ1v) is 10.2. The van der Waals surface area contributed by atoms with Gasteiger partial charge in [-0.3, -0.25) is 9.69 Å². The first-order chi connectivity index (χ1) is 12.4. The monoisotopic (exact) mass is 349 g/mol. The predicted molar refractivity (Wildman–Crippen MR) is 102 cm³/mol. The van der Waals surface area contributed by atoms with E-state index >= 15 is 0 Å². The summed E-state index contributed by atoms with van der Waals surface area (Å²) in [4.78, 5) is 20.7. The van der Waals surface area contributed by atoms with E-state index in [9.17, 15) is 4.79 Å². The number of carbonyl (C=O) groups is 1. The van der Waals surface area contributed by atoms with Crippen molar-refractivity contribution in [3.63, 3.8) is 0 Å². The van der Waals surface area contributed by atoms with Gasteiger partial charge in [0.1, 0.15) is 0 Å². The molecule has 4 bridgehead atoms. The summed E-state index contributed by atoms with van der Waals surface area (Å²) in [5, 5.41) is 0. The number of aromatic nitrogens is 2. The summed E-state index contributed by atoms with van der Waals surface area (Å²) in [5.74, 6) is 1.99. The van der Waals surface area contributed by atoms with E-state index in [-0.39, 0.29) is 5.41 Å². The van der Waals surface area contributed by atoms with E-state index < -0.39 is 0 Å². The highest BCUT2D eigenvalue weighted by molar-refractivity contribution is 5.99. The molecule has 1 aromatic heterocycles. The number of benzene rings is 1. The Hall–Kier alpha value is -1.84. The van der Waals surface area contributed by atoms with Gasteiger partial charge < -0.3 is 4.57 Å². The van der Waals surface area contributed by atoms with Gasteiger partial charge in [-0.15, -0.1) is 0 Å². The van der Waals surface area contributed by atoms with Gasteiger partial charge in [-0.1, -0.05) is 26.0 Å². The van der Waals surface area contributed by atoms with Crippen LogP contribution in [0.25, 0.3) is 11.0 Å². The first kappa shape index (κ1) is 15.2. The van der Waals surface area contributed by atoms with Gasteiger partial charge in [0.05, 0.1) is 16.4 Å². The number of imidazole rings is 1. The summed E-state index contributed by atoms with van der Waals surface area (Å²) < 4.78 is 2.23. The normalized spacial score (nSPS) is 40.4. The van der Waals surface area contributed by atoms with E-state index in [0.717, 1.165) is 55.3 Å². The van der Waals surface area contributed by atoms with Crippen molar-refractivity contribution in [2.24, 2.45) is 22.2 Å². The number of amides is 1. The maximum absolute atomic E-state index is 13.9. The number of anilines is 1. The van der Waals surface area contributed by atoms with Crippen LogP contribution >= 0.6 is 0 Å². The van der Waals surface area contributed by atoms with Crippen molar-refractivity contribution < 1.29 is 4.79 Å². The summed E-state index contributed by atoms with van der Waals surface area (Å²) in [7, 11) is 0. The standard InChI is InChI=1S/C22H27N3O/c1-20-9-15-10-21(2,12-20)14-22(11-15,13-20)18(26)25-8-7-24-17-6-4-3-5-16(17)23-19(24)25/h3-6,15H,7-14H2,1-2H3. The van der Waals surface area contributed by atoms with Crippen LogP contribution in [0.4, 0.5) is 5.95 Å². The minimum atomic E-state index is -0.143. The number of nitrogens with zero attached hydrogens (tertiary/aromatic N) is 3. The van der Waals surface area contributed by atoms with E-state index in [4.69, 9.17) is 4.98 Å². The molecule has 0 N–H and O–H groups in total. The molecule has 7 rings (SSSR count). The molecule has 0 saturated heterocycles. The van der Waals surface area contributed by atoms with Gasteiger partial charge in [0.25, 0.3) is 0 Å². The van der Waals surface area contributed by atoms with Crippen molar-refractivity contribution in [3.05, 3.63) is 24.3 Å². The molecular weight excluding hydrogens is 322 g/mol. The molecule has 1 aliphatic heterocycles. The summed E-state index contributed by atoms with van der Waals surface area (Å²) in [6, 6.07) is 8.25. The zero-order valence-electron chi connectivity index (χ0n) is 15.8. The van der Waals surface area contributed by atoms with Crippen LogP contribution in [0.2, 0.25) is 0 Å². The summed E-state index contributed by atoms with van der Waals surface area (Å²) in [6.45, 7) is 6.54. The maximum Gasteiger partial charge on any atom is 0.235 e. The topological polar surface area (TPSA) is 38.1 Å². The van der Waals surface area contributed by atoms with E-state index in [0.29, 0.717) is 16.7 Å². The average molecular weight is 349 g/mol. The third kappa shape index (κ3) is 1.85. The molecule has 4 fully saturated rings. The first-order valence-electron chi connectivity index (χ1n) is 10.2. The SMILES string of the molecule is CC12CC3CC(C)(C1)CC(C(=O)N1CCn4c1nc1ccccc14)(C3)C2. The molecular formula is C22H27N3O. The van der Waals surface area contributed by atoms with Gasteiger partial charge in [-0.05, 0) is 67.4 Å². The Labute approximate surface area is 154 Å². The Kier molecular flexibility index (Phi) is 2.65. The molecule has 2 unspecified atom stereocenters. The second-order valence-corrected chi connectivity index (χ2v) is 10.4. The van der Waals surface area contributed by atoms with Crippen molar-refractivity contribution in [3.8, 4) is 0 Å². The lowest BCUT2D eigenvalue weighted by molar-refractivity contribution is -0.167. The molecule has 2 heterocycles. The fourth-order valence-corrected chi connectivity index (χ4v) is 7.95. The van der Waals surface area contributed by atoms with Gasteiger partial charge >= 0.3 is 0 Å². The largest absolute Gasteiger partial charge is 0.308 e. The number of carbonyl (C=O) groups excluding carboxylic acids is 1. The van der Waals surface area contributed by atoms with Crippen LogP contribution in [0.3, 0.4) is 0 Å².